The lowest BCUT2D eigenvalue weighted by atomic mass is 10.1. The van der Waals surface area contributed by atoms with Crippen molar-refractivity contribution in [2.24, 2.45) is 0 Å². The Bertz CT molecular complexity index is 688. The minimum absolute atomic E-state index is 0.103. The highest BCUT2D eigenvalue weighted by Crippen LogP contribution is 2.28. The Hall–Kier alpha value is -2.46. The second kappa shape index (κ2) is 5.67. The van der Waals surface area contributed by atoms with Crippen LogP contribution in [0.3, 0.4) is 0 Å². The van der Waals surface area contributed by atoms with Crippen LogP contribution in [-0.2, 0) is 0 Å². The summed E-state index contributed by atoms with van der Waals surface area (Å²) in [6.07, 6.45) is 0. The van der Waals surface area contributed by atoms with Crippen LogP contribution < -0.4 is 5.32 Å². The van der Waals surface area contributed by atoms with Crippen molar-refractivity contribution in [2.75, 3.05) is 5.32 Å². The van der Waals surface area contributed by atoms with Crippen LogP contribution in [0.15, 0.2) is 23.6 Å². The fourth-order valence-corrected chi connectivity index (χ4v) is 2.46. The van der Waals surface area contributed by atoms with E-state index in [0.717, 1.165) is 5.69 Å². The number of nitrogens with one attached hydrogen (secondary N) is 1. The van der Waals surface area contributed by atoms with Crippen molar-refractivity contribution in [2.45, 2.75) is 19.8 Å². The van der Waals surface area contributed by atoms with Gasteiger partial charge in [-0.2, -0.15) is 5.26 Å². The van der Waals surface area contributed by atoms with E-state index in [1.165, 1.54) is 29.5 Å². The Morgan fingerprint density at radius 1 is 1.50 bits per heavy atom. The van der Waals surface area contributed by atoms with E-state index >= 15 is 0 Å². The third-order valence-electron chi connectivity index (χ3n) is 2.69. The SMILES string of the molecule is CC(C)c1csc(Nc2ccc([N+](=O)[O-])cc2C#N)n1. The van der Waals surface area contributed by atoms with Crippen molar-refractivity contribution >= 4 is 27.8 Å². The highest BCUT2D eigenvalue weighted by atomic mass is 32.1. The highest BCUT2D eigenvalue weighted by molar-refractivity contribution is 7.13. The largest absolute Gasteiger partial charge is 0.330 e. The average molecular weight is 288 g/mol. The molecule has 0 unspecified atom stereocenters. The Kier molecular flexibility index (Phi) is 3.96. The van der Waals surface area contributed by atoms with Gasteiger partial charge in [0.1, 0.15) is 6.07 Å². The predicted octanol–water partition coefficient (Wildman–Crippen LogP) is 3.79. The minimum atomic E-state index is -0.523. The Morgan fingerprint density at radius 2 is 2.25 bits per heavy atom. The first kappa shape index (κ1) is 14.0. The number of nitriles is 1. The molecule has 1 N–H and O–H groups in total. The molecule has 0 spiro atoms. The van der Waals surface area contributed by atoms with Crippen molar-refractivity contribution < 1.29 is 4.92 Å². The summed E-state index contributed by atoms with van der Waals surface area (Å²) in [6, 6.07) is 6.08. The molecule has 6 nitrogen and oxygen atoms in total. The zero-order valence-electron chi connectivity index (χ0n) is 11.0. The molecule has 7 heteroatoms. The van der Waals surface area contributed by atoms with E-state index in [9.17, 15) is 10.1 Å². The van der Waals surface area contributed by atoms with Crippen LogP contribution >= 0.6 is 11.3 Å². The van der Waals surface area contributed by atoms with Gasteiger partial charge in [-0.05, 0) is 12.0 Å². The van der Waals surface area contributed by atoms with Crippen LogP contribution in [0.5, 0.6) is 0 Å². The van der Waals surface area contributed by atoms with Gasteiger partial charge in [0.05, 0.1) is 21.9 Å². The van der Waals surface area contributed by atoms with Crippen LogP contribution in [0.2, 0.25) is 0 Å². The van der Waals surface area contributed by atoms with Crippen molar-refractivity contribution in [1.82, 2.24) is 4.98 Å². The molecule has 102 valence electrons. The minimum Gasteiger partial charge on any atom is -0.330 e. The summed E-state index contributed by atoms with van der Waals surface area (Å²) in [5.74, 6) is 0.328. The maximum Gasteiger partial charge on any atom is 0.270 e. The second-order valence-corrected chi connectivity index (χ2v) is 5.31. The summed E-state index contributed by atoms with van der Waals surface area (Å²) in [5, 5.41) is 25.4. The summed E-state index contributed by atoms with van der Waals surface area (Å²) in [4.78, 5) is 14.6. The van der Waals surface area contributed by atoms with E-state index in [-0.39, 0.29) is 11.3 Å². The van der Waals surface area contributed by atoms with Gasteiger partial charge in [-0.3, -0.25) is 10.1 Å². The quantitative estimate of drug-likeness (QED) is 0.682. The fourth-order valence-electron chi connectivity index (χ4n) is 1.57. The van der Waals surface area contributed by atoms with E-state index in [0.29, 0.717) is 16.7 Å². The molecule has 0 atom stereocenters. The molecule has 1 aromatic heterocycles. The molecule has 0 saturated carbocycles. The molecule has 1 aromatic carbocycles. The molecular weight excluding hydrogens is 276 g/mol. The van der Waals surface area contributed by atoms with Crippen molar-refractivity contribution in [3.8, 4) is 6.07 Å². The van der Waals surface area contributed by atoms with Crippen molar-refractivity contribution in [3.05, 3.63) is 45.0 Å². The first-order valence-corrected chi connectivity index (χ1v) is 6.80. The number of rotatable bonds is 4. The lowest BCUT2D eigenvalue weighted by Crippen LogP contribution is -1.96. The summed E-state index contributed by atoms with van der Waals surface area (Å²) >= 11 is 1.44. The van der Waals surface area contributed by atoms with Crippen LogP contribution in [-0.4, -0.2) is 9.91 Å². The number of nitrogens with zero attached hydrogens (tertiary/aromatic N) is 3. The number of benzene rings is 1. The molecule has 0 aliphatic rings. The van der Waals surface area contributed by atoms with Gasteiger partial charge in [0.25, 0.3) is 5.69 Å². The predicted molar refractivity (Wildman–Crippen MR) is 77.3 cm³/mol. The maximum absolute atomic E-state index is 10.7. The Balaban J connectivity index is 2.29. The molecule has 0 fully saturated rings. The topological polar surface area (TPSA) is 91.9 Å². The van der Waals surface area contributed by atoms with Gasteiger partial charge in [0, 0.05) is 17.5 Å². The van der Waals surface area contributed by atoms with Crippen LogP contribution in [0.25, 0.3) is 0 Å². The number of non-ortho nitro benzene ring substituents is 1. The fraction of sp³-hybridized carbons (Fsp3) is 0.231. The number of aromatic nitrogens is 1. The number of hydrogen-bond donors (Lipinski definition) is 1. The number of nitro benzene ring substituents is 1. The molecule has 0 aliphatic carbocycles. The van der Waals surface area contributed by atoms with Gasteiger partial charge < -0.3 is 5.32 Å². The van der Waals surface area contributed by atoms with Gasteiger partial charge in [0.2, 0.25) is 0 Å². The van der Waals surface area contributed by atoms with Crippen molar-refractivity contribution in [1.29, 1.82) is 5.26 Å². The Labute approximate surface area is 119 Å². The summed E-state index contributed by atoms with van der Waals surface area (Å²) in [5.41, 5.74) is 1.61. The van der Waals surface area contributed by atoms with E-state index in [1.807, 2.05) is 25.3 Å². The molecule has 0 aliphatic heterocycles. The Morgan fingerprint density at radius 3 is 2.80 bits per heavy atom. The molecule has 1 heterocycles. The number of hydrogen-bond acceptors (Lipinski definition) is 6. The zero-order valence-corrected chi connectivity index (χ0v) is 11.8. The normalized spacial score (nSPS) is 10.3. The molecule has 0 saturated heterocycles. The van der Waals surface area contributed by atoms with Crippen LogP contribution in [0, 0.1) is 21.4 Å². The van der Waals surface area contributed by atoms with E-state index in [4.69, 9.17) is 5.26 Å². The monoisotopic (exact) mass is 288 g/mol. The summed E-state index contributed by atoms with van der Waals surface area (Å²) in [6.45, 7) is 4.09. The van der Waals surface area contributed by atoms with E-state index < -0.39 is 4.92 Å². The molecular formula is C13H12N4O2S. The van der Waals surface area contributed by atoms with E-state index in [1.54, 1.807) is 0 Å². The van der Waals surface area contributed by atoms with Gasteiger partial charge in [-0.25, -0.2) is 4.98 Å². The molecule has 2 aromatic rings. The second-order valence-electron chi connectivity index (χ2n) is 4.46. The lowest BCUT2D eigenvalue weighted by Gasteiger charge is -2.04. The third kappa shape index (κ3) is 2.92. The summed E-state index contributed by atoms with van der Waals surface area (Å²) in [7, 11) is 0. The first-order chi connectivity index (χ1) is 9.51. The van der Waals surface area contributed by atoms with Gasteiger partial charge in [-0.1, -0.05) is 13.8 Å². The molecule has 0 radical (unpaired) electrons. The summed E-state index contributed by atoms with van der Waals surface area (Å²) < 4.78 is 0. The zero-order chi connectivity index (χ0) is 14.7. The first-order valence-electron chi connectivity index (χ1n) is 5.92. The van der Waals surface area contributed by atoms with E-state index in [2.05, 4.69) is 10.3 Å². The molecule has 0 amide bonds. The van der Waals surface area contributed by atoms with Gasteiger partial charge >= 0.3 is 0 Å². The smallest absolute Gasteiger partial charge is 0.270 e. The standard InChI is InChI=1S/C13H12N4O2S/c1-8(2)12-7-20-13(16-12)15-11-4-3-10(17(18)19)5-9(11)6-14/h3-5,7-8H,1-2H3,(H,15,16). The lowest BCUT2D eigenvalue weighted by molar-refractivity contribution is -0.384. The number of anilines is 2. The molecule has 20 heavy (non-hydrogen) atoms. The molecule has 0 bridgehead atoms. The van der Waals surface area contributed by atoms with Gasteiger partial charge in [-0.15, -0.1) is 11.3 Å². The number of thiazole rings is 1. The van der Waals surface area contributed by atoms with Crippen molar-refractivity contribution in [3.63, 3.8) is 0 Å². The number of nitro groups is 1. The third-order valence-corrected chi connectivity index (χ3v) is 3.47. The molecule has 2 rings (SSSR count). The average Bonchev–Trinajstić information content (AvgIpc) is 2.87. The van der Waals surface area contributed by atoms with Gasteiger partial charge in [0.15, 0.2) is 5.13 Å². The van der Waals surface area contributed by atoms with Crippen LogP contribution in [0.1, 0.15) is 31.0 Å². The maximum atomic E-state index is 10.7. The van der Waals surface area contributed by atoms with Crippen LogP contribution in [0.4, 0.5) is 16.5 Å². The highest BCUT2D eigenvalue weighted by Gasteiger charge is 2.12.